The number of aryl methyl sites for hydroxylation is 1. The number of nitrogens with zero attached hydrogens (tertiary/aromatic N) is 1. The highest BCUT2D eigenvalue weighted by atomic mass is 16.2. The number of benzene rings is 3. The molecule has 0 aliphatic carbocycles. The van der Waals surface area contributed by atoms with Gasteiger partial charge in [0, 0.05) is 37.4 Å². The van der Waals surface area contributed by atoms with Crippen LogP contribution >= 0.6 is 0 Å². The van der Waals surface area contributed by atoms with Gasteiger partial charge in [-0.25, -0.2) is 0 Å². The number of hydrogen-bond acceptors (Lipinski definition) is 3. The van der Waals surface area contributed by atoms with Gasteiger partial charge >= 0.3 is 0 Å². The molecule has 0 saturated carbocycles. The molecule has 2 N–H and O–H groups in total. The highest BCUT2D eigenvalue weighted by molar-refractivity contribution is 6.02. The monoisotopic (exact) mass is 469 g/mol. The first-order chi connectivity index (χ1) is 17.1. The SMILES string of the molecule is CC1CCN(c2ccc(NC(=O)CCc3ccccc3)cc2C(=O)NCCc2ccccc2)CC1. The molecule has 5 nitrogen and oxygen atoms in total. The Balaban J connectivity index is 1.44. The van der Waals surface area contributed by atoms with Crippen LogP contribution in [0, 0.1) is 5.92 Å². The zero-order valence-electron chi connectivity index (χ0n) is 20.5. The molecule has 1 saturated heterocycles. The molecule has 3 aromatic carbocycles. The first kappa shape index (κ1) is 24.5. The van der Waals surface area contributed by atoms with Crippen molar-refractivity contribution in [3.8, 4) is 0 Å². The quantitative estimate of drug-likeness (QED) is 0.437. The van der Waals surface area contributed by atoms with Gasteiger partial charge in [0.25, 0.3) is 5.91 Å². The molecule has 0 radical (unpaired) electrons. The third-order valence-electron chi connectivity index (χ3n) is 6.67. The number of nitrogens with one attached hydrogen (secondary N) is 2. The lowest BCUT2D eigenvalue weighted by Gasteiger charge is -2.33. The van der Waals surface area contributed by atoms with Gasteiger partial charge in [0.05, 0.1) is 5.56 Å². The Morgan fingerprint density at radius 2 is 1.49 bits per heavy atom. The summed E-state index contributed by atoms with van der Waals surface area (Å²) >= 11 is 0. The standard InChI is InChI=1S/C30H35N3O2/c1-23-17-20-33(21-18-23)28-14-13-26(32-29(34)15-12-24-8-4-2-5-9-24)22-27(28)30(35)31-19-16-25-10-6-3-7-11-25/h2-11,13-14,22-23H,12,15-21H2,1H3,(H,31,35)(H,32,34). The molecule has 2 amide bonds. The fourth-order valence-electron chi connectivity index (χ4n) is 4.51. The van der Waals surface area contributed by atoms with Crippen molar-refractivity contribution < 1.29 is 9.59 Å². The predicted octanol–water partition coefficient (Wildman–Crippen LogP) is 5.47. The zero-order valence-corrected chi connectivity index (χ0v) is 20.5. The van der Waals surface area contributed by atoms with Crippen LogP contribution in [0.5, 0.6) is 0 Å². The Bertz CT molecular complexity index is 1110. The molecule has 5 heteroatoms. The summed E-state index contributed by atoms with van der Waals surface area (Å²) in [5.41, 5.74) is 4.54. The smallest absolute Gasteiger partial charge is 0.253 e. The fourth-order valence-corrected chi connectivity index (χ4v) is 4.51. The number of carbonyl (C=O) groups excluding carboxylic acids is 2. The zero-order chi connectivity index (χ0) is 24.5. The third-order valence-corrected chi connectivity index (χ3v) is 6.67. The van der Waals surface area contributed by atoms with Crippen molar-refractivity contribution in [1.82, 2.24) is 5.32 Å². The second-order valence-electron chi connectivity index (χ2n) is 9.43. The number of anilines is 2. The molecule has 1 aliphatic rings. The van der Waals surface area contributed by atoms with Crippen molar-refractivity contribution in [2.24, 2.45) is 5.92 Å². The van der Waals surface area contributed by atoms with Crippen LogP contribution in [0.15, 0.2) is 78.9 Å². The highest BCUT2D eigenvalue weighted by Crippen LogP contribution is 2.29. The maximum absolute atomic E-state index is 13.3. The summed E-state index contributed by atoms with van der Waals surface area (Å²) in [6, 6.07) is 25.9. The molecular weight excluding hydrogens is 434 g/mol. The van der Waals surface area contributed by atoms with E-state index < -0.39 is 0 Å². The molecule has 0 bridgehead atoms. The average Bonchev–Trinajstić information content (AvgIpc) is 2.89. The lowest BCUT2D eigenvalue weighted by atomic mass is 9.97. The molecule has 1 heterocycles. The summed E-state index contributed by atoms with van der Waals surface area (Å²) in [5, 5.41) is 6.07. The van der Waals surface area contributed by atoms with Crippen LogP contribution in [0.25, 0.3) is 0 Å². The summed E-state index contributed by atoms with van der Waals surface area (Å²) in [6.07, 6.45) is 4.09. The minimum atomic E-state index is -0.102. The van der Waals surface area contributed by atoms with Crippen LogP contribution in [0.2, 0.25) is 0 Å². The first-order valence-corrected chi connectivity index (χ1v) is 12.6. The van der Waals surface area contributed by atoms with E-state index >= 15 is 0 Å². The van der Waals surface area contributed by atoms with Gasteiger partial charge in [-0.15, -0.1) is 0 Å². The minimum Gasteiger partial charge on any atom is -0.371 e. The normalized spacial score (nSPS) is 13.9. The van der Waals surface area contributed by atoms with Gasteiger partial charge in [-0.2, -0.15) is 0 Å². The third kappa shape index (κ3) is 7.19. The van der Waals surface area contributed by atoms with Crippen molar-refractivity contribution in [2.45, 2.75) is 39.0 Å². The Morgan fingerprint density at radius 1 is 0.857 bits per heavy atom. The Morgan fingerprint density at radius 3 is 2.14 bits per heavy atom. The van der Waals surface area contributed by atoms with Crippen molar-refractivity contribution in [2.75, 3.05) is 29.9 Å². The summed E-state index contributed by atoms with van der Waals surface area (Å²) in [5.74, 6) is 0.552. The summed E-state index contributed by atoms with van der Waals surface area (Å²) < 4.78 is 0. The van der Waals surface area contributed by atoms with Gasteiger partial charge < -0.3 is 15.5 Å². The van der Waals surface area contributed by atoms with E-state index in [-0.39, 0.29) is 11.8 Å². The second-order valence-corrected chi connectivity index (χ2v) is 9.43. The lowest BCUT2D eigenvalue weighted by Crippen LogP contribution is -2.35. The molecule has 1 aliphatic heterocycles. The van der Waals surface area contributed by atoms with E-state index in [1.807, 2.05) is 66.7 Å². The maximum Gasteiger partial charge on any atom is 0.253 e. The number of piperidine rings is 1. The molecule has 4 rings (SSSR count). The molecule has 182 valence electrons. The van der Waals surface area contributed by atoms with E-state index in [4.69, 9.17) is 0 Å². The van der Waals surface area contributed by atoms with Gasteiger partial charge in [-0.05, 0) is 60.9 Å². The van der Waals surface area contributed by atoms with Gasteiger partial charge in [-0.3, -0.25) is 9.59 Å². The average molecular weight is 470 g/mol. The minimum absolute atomic E-state index is 0.0520. The molecular formula is C30H35N3O2. The topological polar surface area (TPSA) is 61.4 Å². The molecule has 3 aromatic rings. The van der Waals surface area contributed by atoms with Gasteiger partial charge in [0.15, 0.2) is 0 Å². The number of hydrogen-bond donors (Lipinski definition) is 2. The predicted molar refractivity (Wildman–Crippen MR) is 143 cm³/mol. The van der Waals surface area contributed by atoms with E-state index in [0.717, 1.165) is 43.6 Å². The van der Waals surface area contributed by atoms with Crippen LogP contribution in [-0.4, -0.2) is 31.4 Å². The lowest BCUT2D eigenvalue weighted by molar-refractivity contribution is -0.116. The van der Waals surface area contributed by atoms with E-state index in [1.54, 1.807) is 0 Å². The first-order valence-electron chi connectivity index (χ1n) is 12.6. The van der Waals surface area contributed by atoms with Crippen molar-refractivity contribution in [3.63, 3.8) is 0 Å². The summed E-state index contributed by atoms with van der Waals surface area (Å²) in [6.45, 7) is 4.72. The number of rotatable bonds is 9. The van der Waals surface area contributed by atoms with Crippen molar-refractivity contribution in [1.29, 1.82) is 0 Å². The maximum atomic E-state index is 13.3. The summed E-state index contributed by atoms with van der Waals surface area (Å²) in [7, 11) is 0. The van der Waals surface area contributed by atoms with E-state index in [1.165, 1.54) is 5.56 Å². The number of amides is 2. The molecule has 35 heavy (non-hydrogen) atoms. The highest BCUT2D eigenvalue weighted by Gasteiger charge is 2.22. The summed E-state index contributed by atoms with van der Waals surface area (Å²) in [4.78, 5) is 28.2. The van der Waals surface area contributed by atoms with Crippen LogP contribution in [0.4, 0.5) is 11.4 Å². The van der Waals surface area contributed by atoms with Crippen LogP contribution in [0.1, 0.15) is 47.7 Å². The molecule has 0 atom stereocenters. The van der Waals surface area contributed by atoms with E-state index in [2.05, 4.69) is 34.6 Å². The number of carbonyl (C=O) groups is 2. The largest absolute Gasteiger partial charge is 0.371 e. The second kappa shape index (κ2) is 12.2. The van der Waals surface area contributed by atoms with E-state index in [9.17, 15) is 9.59 Å². The van der Waals surface area contributed by atoms with Gasteiger partial charge in [-0.1, -0.05) is 67.6 Å². The van der Waals surface area contributed by atoms with Crippen molar-refractivity contribution in [3.05, 3.63) is 95.6 Å². The van der Waals surface area contributed by atoms with Crippen LogP contribution in [0.3, 0.4) is 0 Å². The van der Waals surface area contributed by atoms with Crippen LogP contribution < -0.4 is 15.5 Å². The molecule has 0 unspecified atom stereocenters. The van der Waals surface area contributed by atoms with Crippen molar-refractivity contribution >= 4 is 23.2 Å². The molecule has 1 fully saturated rings. The Kier molecular flexibility index (Phi) is 8.55. The van der Waals surface area contributed by atoms with Crippen LogP contribution in [-0.2, 0) is 17.6 Å². The van der Waals surface area contributed by atoms with E-state index in [0.29, 0.717) is 36.6 Å². The van der Waals surface area contributed by atoms with Gasteiger partial charge in [0.1, 0.15) is 0 Å². The fraction of sp³-hybridized carbons (Fsp3) is 0.333. The molecule has 0 spiro atoms. The van der Waals surface area contributed by atoms with Gasteiger partial charge in [0.2, 0.25) is 5.91 Å². The Hall–Kier alpha value is -3.60. The molecule has 0 aromatic heterocycles. The Labute approximate surface area is 208 Å².